The molecule has 3 fully saturated rings. The summed E-state index contributed by atoms with van der Waals surface area (Å²) in [6.45, 7) is 2.61. The van der Waals surface area contributed by atoms with Crippen molar-refractivity contribution in [3.63, 3.8) is 0 Å². The molecule has 2 aromatic rings. The van der Waals surface area contributed by atoms with Crippen molar-refractivity contribution >= 4 is 0 Å². The molecular weight excluding hydrogens is 438 g/mol. The van der Waals surface area contributed by atoms with E-state index >= 15 is 0 Å². The lowest BCUT2D eigenvalue weighted by atomic mass is 9.68. The van der Waals surface area contributed by atoms with E-state index in [1.807, 2.05) is 24.3 Å². The van der Waals surface area contributed by atoms with Crippen molar-refractivity contribution < 1.29 is 14.9 Å². The van der Waals surface area contributed by atoms with Gasteiger partial charge in [0.15, 0.2) is 6.35 Å². The lowest BCUT2D eigenvalue weighted by Crippen LogP contribution is -2.57. The molecule has 0 bridgehead atoms. The van der Waals surface area contributed by atoms with Gasteiger partial charge >= 0.3 is 0 Å². The highest BCUT2D eigenvalue weighted by Crippen LogP contribution is 2.50. The van der Waals surface area contributed by atoms with E-state index in [1.54, 1.807) is 13.2 Å². The summed E-state index contributed by atoms with van der Waals surface area (Å²) in [5, 5.41) is 21.8. The van der Waals surface area contributed by atoms with Gasteiger partial charge in [0.05, 0.1) is 7.11 Å². The van der Waals surface area contributed by atoms with Gasteiger partial charge in [-0.25, -0.2) is 0 Å². The molecule has 0 radical (unpaired) electrons. The number of aromatic hydroxyl groups is 1. The van der Waals surface area contributed by atoms with Crippen LogP contribution in [0.3, 0.4) is 0 Å². The second-order valence-corrected chi connectivity index (χ2v) is 11.2. The number of hydrogen-bond donors (Lipinski definition) is 2. The zero-order valence-corrected chi connectivity index (χ0v) is 21.5. The molecule has 35 heavy (non-hydrogen) atoms. The second kappa shape index (κ2) is 9.74. The molecular formula is C29H41N3O3. The zero-order chi connectivity index (χ0) is 24.6. The smallest absolute Gasteiger partial charge is 0.166 e. The Hall–Kier alpha value is -2.12. The Labute approximate surface area is 210 Å². The predicted molar refractivity (Wildman–Crippen MR) is 138 cm³/mol. The molecule has 3 aliphatic rings. The summed E-state index contributed by atoms with van der Waals surface area (Å²) < 4.78 is 5.32. The molecule has 2 N–H and O–H groups in total. The van der Waals surface area contributed by atoms with E-state index in [2.05, 4.69) is 47.0 Å². The molecule has 1 unspecified atom stereocenters. The third-order valence-corrected chi connectivity index (χ3v) is 9.18. The third kappa shape index (κ3) is 4.57. The maximum absolute atomic E-state index is 11.6. The van der Waals surface area contributed by atoms with E-state index in [9.17, 15) is 10.2 Å². The maximum Gasteiger partial charge on any atom is 0.166 e. The zero-order valence-electron chi connectivity index (χ0n) is 21.5. The van der Waals surface area contributed by atoms with Crippen molar-refractivity contribution in [2.75, 3.05) is 34.3 Å². The minimum absolute atomic E-state index is 0.0161. The molecule has 1 spiro atoms. The Balaban J connectivity index is 1.39. The summed E-state index contributed by atoms with van der Waals surface area (Å²) in [6.07, 6.45) is 7.41. The number of methoxy groups -OCH3 is 1. The molecule has 6 heteroatoms. The SMILES string of the molecule is COc1ccc(CN2C[C@]3(CC[C@](c4cccc(O)c4)(N(C)C)CC3)N(CC3CCC3)C2O)cc1. The lowest BCUT2D eigenvalue weighted by Gasteiger charge is -2.52. The first-order chi connectivity index (χ1) is 16.8. The Morgan fingerprint density at radius 3 is 2.31 bits per heavy atom. The Morgan fingerprint density at radius 2 is 1.74 bits per heavy atom. The van der Waals surface area contributed by atoms with Crippen molar-refractivity contribution in [2.45, 2.75) is 68.9 Å². The van der Waals surface area contributed by atoms with Crippen molar-refractivity contribution in [3.05, 3.63) is 59.7 Å². The van der Waals surface area contributed by atoms with Gasteiger partial charge in [0.2, 0.25) is 0 Å². The molecule has 5 rings (SSSR count). The number of benzene rings is 2. The molecule has 190 valence electrons. The van der Waals surface area contributed by atoms with Crippen LogP contribution < -0.4 is 4.74 Å². The summed E-state index contributed by atoms with van der Waals surface area (Å²) in [4.78, 5) is 7.05. The first kappa shape index (κ1) is 24.6. The largest absolute Gasteiger partial charge is 0.508 e. The molecule has 0 aromatic heterocycles. The lowest BCUT2D eigenvalue weighted by molar-refractivity contribution is -0.104. The van der Waals surface area contributed by atoms with Crippen molar-refractivity contribution in [1.82, 2.24) is 14.7 Å². The summed E-state index contributed by atoms with van der Waals surface area (Å²) in [6, 6.07) is 16.0. The fourth-order valence-electron chi connectivity index (χ4n) is 6.70. The molecule has 2 aliphatic carbocycles. The maximum atomic E-state index is 11.6. The van der Waals surface area contributed by atoms with E-state index in [1.165, 1.54) is 30.4 Å². The third-order valence-electron chi connectivity index (χ3n) is 9.18. The van der Waals surface area contributed by atoms with Crippen molar-refractivity contribution in [2.24, 2.45) is 5.92 Å². The van der Waals surface area contributed by atoms with Crippen LogP contribution in [0.25, 0.3) is 0 Å². The van der Waals surface area contributed by atoms with E-state index in [0.717, 1.165) is 51.1 Å². The van der Waals surface area contributed by atoms with E-state index in [4.69, 9.17) is 4.74 Å². The van der Waals surface area contributed by atoms with Crippen LogP contribution in [0.5, 0.6) is 11.5 Å². The monoisotopic (exact) mass is 479 g/mol. The Bertz CT molecular complexity index is 996. The van der Waals surface area contributed by atoms with Gasteiger partial charge < -0.3 is 14.9 Å². The minimum Gasteiger partial charge on any atom is -0.508 e. The highest BCUT2D eigenvalue weighted by Gasteiger charge is 2.55. The number of phenols is 1. The number of aliphatic hydroxyl groups excluding tert-OH is 1. The first-order valence-electron chi connectivity index (χ1n) is 13.1. The molecule has 2 saturated carbocycles. The quantitative estimate of drug-likeness (QED) is 0.615. The van der Waals surface area contributed by atoms with Gasteiger partial charge in [0.1, 0.15) is 11.5 Å². The van der Waals surface area contributed by atoms with Gasteiger partial charge in [0, 0.05) is 30.7 Å². The highest BCUT2D eigenvalue weighted by atomic mass is 16.5. The van der Waals surface area contributed by atoms with E-state index < -0.39 is 6.35 Å². The van der Waals surface area contributed by atoms with E-state index in [-0.39, 0.29) is 11.1 Å². The van der Waals surface area contributed by atoms with Crippen LogP contribution in [-0.4, -0.2) is 71.1 Å². The van der Waals surface area contributed by atoms with Crippen LogP contribution in [0.2, 0.25) is 0 Å². The fraction of sp³-hybridized carbons (Fsp3) is 0.586. The van der Waals surface area contributed by atoms with Crippen LogP contribution in [0.1, 0.15) is 56.1 Å². The summed E-state index contributed by atoms with van der Waals surface area (Å²) in [7, 11) is 6.01. The van der Waals surface area contributed by atoms with Gasteiger partial charge in [-0.15, -0.1) is 0 Å². The predicted octanol–water partition coefficient (Wildman–Crippen LogP) is 4.36. The Kier molecular flexibility index (Phi) is 6.83. The Morgan fingerprint density at radius 1 is 1.03 bits per heavy atom. The number of ether oxygens (including phenoxy) is 1. The normalized spacial score (nSPS) is 30.1. The number of rotatable bonds is 7. The van der Waals surface area contributed by atoms with E-state index in [0.29, 0.717) is 11.7 Å². The first-order valence-corrected chi connectivity index (χ1v) is 13.1. The summed E-state index contributed by atoms with van der Waals surface area (Å²) in [5.74, 6) is 1.89. The van der Waals surface area contributed by atoms with Crippen LogP contribution in [0.15, 0.2) is 48.5 Å². The topological polar surface area (TPSA) is 59.4 Å². The molecule has 0 amide bonds. The van der Waals surface area contributed by atoms with Crippen LogP contribution in [0.4, 0.5) is 0 Å². The van der Waals surface area contributed by atoms with Crippen molar-refractivity contribution in [1.29, 1.82) is 0 Å². The molecule has 6 nitrogen and oxygen atoms in total. The standard InChI is InChI=1S/C29H41N3O3/c1-30(2)29(24-8-5-9-25(33)18-24)16-14-28(15-17-29)21-31(19-23-10-12-26(35-3)13-11-23)27(34)32(28)20-22-6-4-7-22/h5,8-13,18,22,27,33-34H,4,6-7,14-17,19-21H2,1-3H3/t27?,28-,29+. The highest BCUT2D eigenvalue weighted by molar-refractivity contribution is 5.34. The number of phenolic OH excluding ortho intramolecular Hbond substituents is 1. The molecule has 1 heterocycles. The number of hydrogen-bond acceptors (Lipinski definition) is 6. The van der Waals surface area contributed by atoms with Gasteiger partial charge in [-0.2, -0.15) is 0 Å². The van der Waals surface area contributed by atoms with Gasteiger partial charge in [-0.1, -0.05) is 30.7 Å². The average molecular weight is 480 g/mol. The number of aliphatic hydroxyl groups is 1. The van der Waals surface area contributed by atoms with Crippen LogP contribution in [-0.2, 0) is 12.1 Å². The average Bonchev–Trinajstić information content (AvgIpc) is 3.07. The second-order valence-electron chi connectivity index (χ2n) is 11.2. The molecule has 1 saturated heterocycles. The van der Waals surface area contributed by atoms with Crippen LogP contribution in [0, 0.1) is 5.92 Å². The molecule has 1 atom stereocenters. The summed E-state index contributed by atoms with van der Waals surface area (Å²) in [5.41, 5.74) is 2.28. The van der Waals surface area contributed by atoms with Gasteiger partial charge in [-0.3, -0.25) is 14.7 Å². The molecule has 1 aliphatic heterocycles. The van der Waals surface area contributed by atoms with Crippen LogP contribution >= 0.6 is 0 Å². The summed E-state index contributed by atoms with van der Waals surface area (Å²) >= 11 is 0. The van der Waals surface area contributed by atoms with Gasteiger partial charge in [-0.05, 0) is 93.9 Å². The number of nitrogens with zero attached hydrogens (tertiary/aromatic N) is 3. The minimum atomic E-state index is -0.551. The fourth-order valence-corrected chi connectivity index (χ4v) is 6.70. The van der Waals surface area contributed by atoms with Crippen molar-refractivity contribution in [3.8, 4) is 11.5 Å². The molecule has 2 aromatic carbocycles. The van der Waals surface area contributed by atoms with Gasteiger partial charge in [0.25, 0.3) is 0 Å².